The van der Waals surface area contributed by atoms with E-state index in [4.69, 9.17) is 0 Å². The van der Waals surface area contributed by atoms with Crippen LogP contribution >= 0.6 is 12.6 Å². The van der Waals surface area contributed by atoms with Crippen molar-refractivity contribution >= 4 is 12.6 Å². The van der Waals surface area contributed by atoms with E-state index in [-0.39, 0.29) is 6.10 Å². The molecule has 0 bridgehead atoms. The van der Waals surface area contributed by atoms with Crippen molar-refractivity contribution in [2.75, 3.05) is 19.3 Å². The van der Waals surface area contributed by atoms with Crippen LogP contribution in [0.25, 0.3) is 0 Å². The van der Waals surface area contributed by atoms with Gasteiger partial charge in [-0.2, -0.15) is 12.6 Å². The molecule has 0 aliphatic heterocycles. The Kier molecular flexibility index (Phi) is 5.60. The Bertz CT molecular complexity index is 184. The van der Waals surface area contributed by atoms with E-state index in [1.807, 2.05) is 0 Å². The van der Waals surface area contributed by atoms with Crippen molar-refractivity contribution in [3.05, 3.63) is 12.2 Å². The molecule has 1 aliphatic carbocycles. The third-order valence-electron chi connectivity index (χ3n) is 2.93. The Morgan fingerprint density at radius 3 is 2.71 bits per heavy atom. The Hall–Kier alpha value is 0.01000. The van der Waals surface area contributed by atoms with Crippen LogP contribution in [0.1, 0.15) is 25.7 Å². The van der Waals surface area contributed by atoms with Gasteiger partial charge in [0, 0.05) is 18.3 Å². The second kappa shape index (κ2) is 6.49. The first-order valence-electron chi connectivity index (χ1n) is 5.40. The minimum Gasteiger partial charge on any atom is -0.391 e. The highest BCUT2D eigenvalue weighted by atomic mass is 32.1. The Morgan fingerprint density at radius 2 is 2.07 bits per heavy atom. The zero-order chi connectivity index (χ0) is 10.4. The first-order valence-corrected chi connectivity index (χ1v) is 6.03. The summed E-state index contributed by atoms with van der Waals surface area (Å²) in [6.45, 7) is 0.919. The van der Waals surface area contributed by atoms with Crippen LogP contribution in [0.2, 0.25) is 0 Å². The predicted molar refractivity (Wildman–Crippen MR) is 63.9 cm³/mol. The summed E-state index contributed by atoms with van der Waals surface area (Å²) in [6.07, 6.45) is 8.57. The van der Waals surface area contributed by atoms with Crippen molar-refractivity contribution in [1.82, 2.24) is 4.90 Å². The first-order chi connectivity index (χ1) is 6.75. The average molecular weight is 215 g/mol. The van der Waals surface area contributed by atoms with Crippen LogP contribution in [0.4, 0.5) is 0 Å². The molecule has 1 saturated carbocycles. The number of likely N-dealkylation sites (N-methyl/N-ethyl adjacent to an activating group) is 1. The summed E-state index contributed by atoms with van der Waals surface area (Å²) < 4.78 is 0. The van der Waals surface area contributed by atoms with Crippen molar-refractivity contribution in [3.8, 4) is 0 Å². The molecule has 2 unspecified atom stereocenters. The van der Waals surface area contributed by atoms with Crippen molar-refractivity contribution < 1.29 is 5.11 Å². The minimum atomic E-state index is -0.127. The molecule has 1 fully saturated rings. The molecule has 1 aliphatic rings. The maximum absolute atomic E-state index is 9.82. The second-order valence-electron chi connectivity index (χ2n) is 4.01. The summed E-state index contributed by atoms with van der Waals surface area (Å²) in [5.41, 5.74) is 0. The van der Waals surface area contributed by atoms with Crippen LogP contribution in [0.5, 0.6) is 0 Å². The van der Waals surface area contributed by atoms with Gasteiger partial charge >= 0.3 is 0 Å². The van der Waals surface area contributed by atoms with E-state index >= 15 is 0 Å². The van der Waals surface area contributed by atoms with Crippen LogP contribution in [-0.4, -0.2) is 41.5 Å². The summed E-state index contributed by atoms with van der Waals surface area (Å²) in [5.74, 6) is 0.793. The fourth-order valence-electron chi connectivity index (χ4n) is 2.06. The molecule has 3 heteroatoms. The van der Waals surface area contributed by atoms with E-state index in [0.29, 0.717) is 6.04 Å². The van der Waals surface area contributed by atoms with Gasteiger partial charge in [0.25, 0.3) is 0 Å². The van der Waals surface area contributed by atoms with Gasteiger partial charge in [-0.3, -0.25) is 4.90 Å². The smallest absolute Gasteiger partial charge is 0.0695 e. The fourth-order valence-corrected chi connectivity index (χ4v) is 2.21. The summed E-state index contributed by atoms with van der Waals surface area (Å²) in [4.78, 5) is 2.24. The lowest BCUT2D eigenvalue weighted by Crippen LogP contribution is -2.43. The van der Waals surface area contributed by atoms with Gasteiger partial charge in [0.1, 0.15) is 0 Å². The first kappa shape index (κ1) is 12.1. The van der Waals surface area contributed by atoms with Crippen LogP contribution in [0, 0.1) is 0 Å². The van der Waals surface area contributed by atoms with Crippen molar-refractivity contribution in [3.63, 3.8) is 0 Å². The van der Waals surface area contributed by atoms with Crippen LogP contribution in [0.15, 0.2) is 12.2 Å². The molecule has 0 aromatic carbocycles. The normalized spacial score (nSPS) is 28.9. The fraction of sp³-hybridized carbons (Fsp3) is 0.818. The molecular formula is C11H21NOS. The SMILES string of the molecule is CN(C/C=C/CS)C1CCCCC1O. The lowest BCUT2D eigenvalue weighted by molar-refractivity contribution is 0.0373. The number of aliphatic hydroxyl groups excluding tert-OH is 1. The Balaban J connectivity index is 2.34. The number of rotatable bonds is 4. The quantitative estimate of drug-likeness (QED) is 0.551. The Morgan fingerprint density at radius 1 is 1.36 bits per heavy atom. The second-order valence-corrected chi connectivity index (χ2v) is 4.38. The number of aliphatic hydroxyl groups is 1. The lowest BCUT2D eigenvalue weighted by Gasteiger charge is -2.34. The van der Waals surface area contributed by atoms with Crippen LogP contribution < -0.4 is 0 Å². The molecular weight excluding hydrogens is 194 g/mol. The van der Waals surface area contributed by atoms with E-state index in [1.165, 1.54) is 12.8 Å². The highest BCUT2D eigenvalue weighted by molar-refractivity contribution is 7.80. The van der Waals surface area contributed by atoms with Crippen molar-refractivity contribution in [2.24, 2.45) is 0 Å². The molecule has 82 valence electrons. The van der Waals surface area contributed by atoms with Crippen molar-refractivity contribution in [1.29, 1.82) is 0 Å². The number of hydrogen-bond acceptors (Lipinski definition) is 3. The maximum Gasteiger partial charge on any atom is 0.0695 e. The molecule has 0 radical (unpaired) electrons. The molecule has 0 aromatic heterocycles. The van der Waals surface area contributed by atoms with Crippen molar-refractivity contribution in [2.45, 2.75) is 37.8 Å². The van der Waals surface area contributed by atoms with Gasteiger partial charge < -0.3 is 5.11 Å². The van der Waals surface area contributed by atoms with Gasteiger partial charge in [0.05, 0.1) is 6.10 Å². The Labute approximate surface area is 92.4 Å². The largest absolute Gasteiger partial charge is 0.391 e. The molecule has 2 nitrogen and oxygen atoms in total. The average Bonchev–Trinajstić information content (AvgIpc) is 2.18. The molecule has 2 atom stereocenters. The van der Waals surface area contributed by atoms with Gasteiger partial charge in [-0.25, -0.2) is 0 Å². The molecule has 14 heavy (non-hydrogen) atoms. The van der Waals surface area contributed by atoms with E-state index < -0.39 is 0 Å². The van der Waals surface area contributed by atoms with Gasteiger partial charge in [-0.1, -0.05) is 25.0 Å². The zero-order valence-electron chi connectivity index (χ0n) is 8.89. The maximum atomic E-state index is 9.82. The molecule has 0 spiro atoms. The van der Waals surface area contributed by atoms with Gasteiger partial charge in [-0.15, -0.1) is 0 Å². The zero-order valence-corrected chi connectivity index (χ0v) is 9.79. The summed E-state index contributed by atoms with van der Waals surface area (Å²) in [7, 11) is 2.09. The van der Waals surface area contributed by atoms with E-state index in [0.717, 1.165) is 25.1 Å². The third-order valence-corrected chi connectivity index (χ3v) is 3.14. The monoisotopic (exact) mass is 215 g/mol. The molecule has 0 saturated heterocycles. The van der Waals surface area contributed by atoms with Crippen LogP contribution in [-0.2, 0) is 0 Å². The summed E-state index contributed by atoms with van der Waals surface area (Å²) in [5, 5.41) is 9.82. The molecule has 1 rings (SSSR count). The van der Waals surface area contributed by atoms with E-state index in [1.54, 1.807) is 0 Å². The standard InChI is InChI=1S/C11H21NOS/c1-12(8-4-5-9-14)10-6-2-3-7-11(10)13/h4-5,10-11,13-14H,2-3,6-9H2,1H3/b5-4+. The summed E-state index contributed by atoms with van der Waals surface area (Å²) in [6, 6.07) is 0.355. The predicted octanol–water partition coefficient (Wildman–Crippen LogP) is 1.71. The highest BCUT2D eigenvalue weighted by Gasteiger charge is 2.25. The molecule has 1 N–H and O–H groups in total. The minimum absolute atomic E-state index is 0.127. The number of nitrogens with zero attached hydrogens (tertiary/aromatic N) is 1. The lowest BCUT2D eigenvalue weighted by atomic mass is 9.91. The molecule has 0 amide bonds. The van der Waals surface area contributed by atoms with E-state index in [2.05, 4.69) is 36.7 Å². The highest BCUT2D eigenvalue weighted by Crippen LogP contribution is 2.22. The molecule has 0 heterocycles. The number of thiol groups is 1. The number of hydrogen-bond donors (Lipinski definition) is 2. The van der Waals surface area contributed by atoms with E-state index in [9.17, 15) is 5.11 Å². The molecule has 0 aromatic rings. The topological polar surface area (TPSA) is 23.5 Å². The van der Waals surface area contributed by atoms with Gasteiger partial charge in [0.2, 0.25) is 0 Å². The van der Waals surface area contributed by atoms with Gasteiger partial charge in [0.15, 0.2) is 0 Å². The van der Waals surface area contributed by atoms with Gasteiger partial charge in [-0.05, 0) is 19.9 Å². The summed E-state index contributed by atoms with van der Waals surface area (Å²) >= 11 is 4.11. The van der Waals surface area contributed by atoms with Crippen LogP contribution in [0.3, 0.4) is 0 Å². The third kappa shape index (κ3) is 3.64.